The Bertz CT molecular complexity index is 1610. The molecule has 0 amide bonds. The Morgan fingerprint density at radius 1 is 0.424 bits per heavy atom. The third-order valence-corrected chi connectivity index (χ3v) is 6.73. The Kier molecular flexibility index (Phi) is 4.62. The van der Waals surface area contributed by atoms with E-state index in [0.29, 0.717) is 0 Å². The molecule has 0 unspecified atom stereocenters. The van der Waals surface area contributed by atoms with Crippen LogP contribution in [-0.2, 0) is 0 Å². The quantitative estimate of drug-likeness (QED) is 0.268. The molecule has 1 heteroatoms. The van der Waals surface area contributed by atoms with Gasteiger partial charge in [0.2, 0.25) is 0 Å². The van der Waals surface area contributed by atoms with E-state index >= 15 is 0 Å². The van der Waals surface area contributed by atoms with Gasteiger partial charge in [0.15, 0.2) is 0 Å². The normalized spacial score (nSPS) is 11.3. The SMILES string of the molecule is Cc1ccc(-c2ccc3c(c2)c2cc(-c4ccccc4)ccc2n3-c2ccccc2)cc1C. The molecule has 33 heavy (non-hydrogen) atoms. The third-order valence-electron chi connectivity index (χ3n) is 6.73. The lowest BCUT2D eigenvalue weighted by atomic mass is 9.98. The molecule has 158 valence electrons. The van der Waals surface area contributed by atoms with Crippen molar-refractivity contribution < 1.29 is 0 Å². The highest BCUT2D eigenvalue weighted by atomic mass is 15.0. The van der Waals surface area contributed by atoms with Crippen LogP contribution in [0.15, 0.2) is 115 Å². The number of para-hydroxylation sites is 1. The Hall–Kier alpha value is -4.10. The Morgan fingerprint density at radius 2 is 0.939 bits per heavy atom. The third kappa shape index (κ3) is 3.34. The molecule has 0 saturated heterocycles. The van der Waals surface area contributed by atoms with Crippen LogP contribution in [0, 0.1) is 13.8 Å². The summed E-state index contributed by atoms with van der Waals surface area (Å²) >= 11 is 0. The molecule has 0 aliphatic rings. The van der Waals surface area contributed by atoms with Crippen molar-refractivity contribution in [3.63, 3.8) is 0 Å². The zero-order valence-corrected chi connectivity index (χ0v) is 18.9. The van der Waals surface area contributed by atoms with E-state index < -0.39 is 0 Å². The molecule has 0 spiro atoms. The van der Waals surface area contributed by atoms with Crippen molar-refractivity contribution in [2.75, 3.05) is 0 Å². The topological polar surface area (TPSA) is 4.93 Å². The van der Waals surface area contributed by atoms with E-state index in [9.17, 15) is 0 Å². The number of aryl methyl sites for hydroxylation is 2. The number of benzene rings is 5. The maximum atomic E-state index is 2.38. The maximum absolute atomic E-state index is 2.38. The van der Waals surface area contributed by atoms with E-state index in [1.54, 1.807) is 0 Å². The van der Waals surface area contributed by atoms with Gasteiger partial charge in [0.25, 0.3) is 0 Å². The van der Waals surface area contributed by atoms with E-state index in [4.69, 9.17) is 0 Å². The van der Waals surface area contributed by atoms with Gasteiger partial charge in [-0.3, -0.25) is 0 Å². The Morgan fingerprint density at radius 3 is 1.55 bits per heavy atom. The maximum Gasteiger partial charge on any atom is 0.0541 e. The molecule has 5 aromatic carbocycles. The summed E-state index contributed by atoms with van der Waals surface area (Å²) in [5.74, 6) is 0. The van der Waals surface area contributed by atoms with Gasteiger partial charge in [-0.15, -0.1) is 0 Å². The van der Waals surface area contributed by atoms with Gasteiger partial charge in [-0.2, -0.15) is 0 Å². The van der Waals surface area contributed by atoms with Crippen molar-refractivity contribution in [1.82, 2.24) is 4.57 Å². The lowest BCUT2D eigenvalue weighted by molar-refractivity contribution is 1.18. The van der Waals surface area contributed by atoms with E-state index in [0.717, 1.165) is 0 Å². The van der Waals surface area contributed by atoms with Crippen LogP contribution >= 0.6 is 0 Å². The molecular formula is C32H25N. The van der Waals surface area contributed by atoms with Crippen LogP contribution in [0.25, 0.3) is 49.7 Å². The molecule has 0 aliphatic heterocycles. The molecule has 6 rings (SSSR count). The van der Waals surface area contributed by atoms with E-state index in [2.05, 4.69) is 134 Å². The Labute approximate surface area is 194 Å². The van der Waals surface area contributed by atoms with Crippen molar-refractivity contribution in [3.8, 4) is 27.9 Å². The fourth-order valence-corrected chi connectivity index (χ4v) is 4.79. The standard InChI is InChI=1S/C32H25N/c1-22-13-14-25(19-23(22)2)27-16-18-32-30(21-27)29-20-26(24-9-5-3-6-10-24)15-17-31(29)33(32)28-11-7-4-8-12-28/h3-21H,1-2H3. The van der Waals surface area contributed by atoms with Crippen molar-refractivity contribution in [3.05, 3.63) is 126 Å². The molecule has 0 saturated carbocycles. The van der Waals surface area contributed by atoms with Crippen molar-refractivity contribution in [1.29, 1.82) is 0 Å². The molecular weight excluding hydrogens is 398 g/mol. The number of rotatable bonds is 3. The van der Waals surface area contributed by atoms with Gasteiger partial charge >= 0.3 is 0 Å². The van der Waals surface area contributed by atoms with Crippen LogP contribution in [0.3, 0.4) is 0 Å². The summed E-state index contributed by atoms with van der Waals surface area (Å²) < 4.78 is 2.38. The minimum atomic E-state index is 1.18. The fraction of sp³-hybridized carbons (Fsp3) is 0.0625. The largest absolute Gasteiger partial charge is 0.309 e. The zero-order chi connectivity index (χ0) is 22.4. The number of hydrogen-bond acceptors (Lipinski definition) is 0. The molecule has 0 N–H and O–H groups in total. The first-order valence-corrected chi connectivity index (χ1v) is 11.5. The number of fused-ring (bicyclic) bond motifs is 3. The predicted molar refractivity (Wildman–Crippen MR) is 141 cm³/mol. The fourth-order valence-electron chi connectivity index (χ4n) is 4.79. The second-order valence-corrected chi connectivity index (χ2v) is 8.80. The second-order valence-electron chi connectivity index (χ2n) is 8.80. The first kappa shape index (κ1) is 19.6. The predicted octanol–water partition coefficient (Wildman–Crippen LogP) is 8.73. The first-order valence-electron chi connectivity index (χ1n) is 11.5. The van der Waals surface area contributed by atoms with Crippen LogP contribution in [0.5, 0.6) is 0 Å². The number of hydrogen-bond donors (Lipinski definition) is 0. The smallest absolute Gasteiger partial charge is 0.0541 e. The van der Waals surface area contributed by atoms with Gasteiger partial charge in [-0.05, 0) is 83.6 Å². The summed E-state index contributed by atoms with van der Waals surface area (Å²) in [4.78, 5) is 0. The van der Waals surface area contributed by atoms with Gasteiger partial charge in [-0.25, -0.2) is 0 Å². The summed E-state index contributed by atoms with van der Waals surface area (Å²) in [7, 11) is 0. The summed E-state index contributed by atoms with van der Waals surface area (Å²) in [6, 6.07) is 41.7. The summed E-state index contributed by atoms with van der Waals surface area (Å²) in [5.41, 5.74) is 11.3. The van der Waals surface area contributed by atoms with E-state index in [1.807, 2.05) is 0 Å². The van der Waals surface area contributed by atoms with E-state index in [1.165, 1.54) is 60.9 Å². The molecule has 0 fully saturated rings. The zero-order valence-electron chi connectivity index (χ0n) is 18.9. The molecule has 1 aromatic heterocycles. The highest BCUT2D eigenvalue weighted by Gasteiger charge is 2.14. The minimum Gasteiger partial charge on any atom is -0.309 e. The lowest BCUT2D eigenvalue weighted by Crippen LogP contribution is -1.93. The highest BCUT2D eigenvalue weighted by Crippen LogP contribution is 2.37. The van der Waals surface area contributed by atoms with Gasteiger partial charge < -0.3 is 4.57 Å². The van der Waals surface area contributed by atoms with Crippen molar-refractivity contribution in [2.24, 2.45) is 0 Å². The Balaban J connectivity index is 1.65. The van der Waals surface area contributed by atoms with Crippen molar-refractivity contribution in [2.45, 2.75) is 13.8 Å². The van der Waals surface area contributed by atoms with Crippen LogP contribution in [-0.4, -0.2) is 4.57 Å². The average molecular weight is 424 g/mol. The van der Waals surface area contributed by atoms with Gasteiger partial charge in [0.05, 0.1) is 11.0 Å². The molecule has 0 radical (unpaired) electrons. The van der Waals surface area contributed by atoms with Crippen LogP contribution in [0.4, 0.5) is 0 Å². The number of aromatic nitrogens is 1. The molecule has 1 heterocycles. The molecule has 0 bridgehead atoms. The highest BCUT2D eigenvalue weighted by molar-refractivity contribution is 6.11. The van der Waals surface area contributed by atoms with Gasteiger partial charge in [0, 0.05) is 16.5 Å². The molecule has 1 nitrogen and oxygen atoms in total. The first-order chi connectivity index (χ1) is 16.2. The van der Waals surface area contributed by atoms with Crippen LogP contribution in [0.2, 0.25) is 0 Å². The monoisotopic (exact) mass is 423 g/mol. The molecule has 0 atom stereocenters. The lowest BCUT2D eigenvalue weighted by Gasteiger charge is -2.09. The summed E-state index contributed by atoms with van der Waals surface area (Å²) in [6.07, 6.45) is 0. The van der Waals surface area contributed by atoms with Gasteiger partial charge in [0.1, 0.15) is 0 Å². The average Bonchev–Trinajstić information content (AvgIpc) is 3.20. The van der Waals surface area contributed by atoms with E-state index in [-0.39, 0.29) is 0 Å². The summed E-state index contributed by atoms with van der Waals surface area (Å²) in [5, 5.41) is 2.56. The van der Waals surface area contributed by atoms with Crippen LogP contribution < -0.4 is 0 Å². The summed E-state index contributed by atoms with van der Waals surface area (Å²) in [6.45, 7) is 4.35. The van der Waals surface area contributed by atoms with Gasteiger partial charge in [-0.1, -0.05) is 78.9 Å². The molecule has 0 aliphatic carbocycles. The van der Waals surface area contributed by atoms with Crippen molar-refractivity contribution >= 4 is 21.8 Å². The number of nitrogens with zero attached hydrogens (tertiary/aromatic N) is 1. The second kappa shape index (κ2) is 7.79. The minimum absolute atomic E-state index is 1.18. The molecule has 6 aromatic rings. The van der Waals surface area contributed by atoms with Crippen LogP contribution in [0.1, 0.15) is 11.1 Å².